The molecule has 5 heteroatoms. The zero-order chi connectivity index (χ0) is 13.2. The minimum Gasteiger partial charge on any atom is -0.368 e. The van der Waals surface area contributed by atoms with Crippen LogP contribution in [0.25, 0.3) is 0 Å². The molecule has 2 aromatic rings. The highest BCUT2D eigenvalue weighted by Crippen LogP contribution is 2.32. The number of hydrogen-bond donors (Lipinski definition) is 2. The third kappa shape index (κ3) is 2.50. The van der Waals surface area contributed by atoms with Crippen molar-refractivity contribution in [1.29, 1.82) is 0 Å². The van der Waals surface area contributed by atoms with E-state index in [9.17, 15) is 0 Å². The van der Waals surface area contributed by atoms with E-state index in [0.717, 1.165) is 12.8 Å². The Morgan fingerprint density at radius 3 is 3.05 bits per heavy atom. The molecule has 1 aromatic carbocycles. The van der Waals surface area contributed by atoms with Crippen LogP contribution < -0.4 is 11.1 Å². The fourth-order valence-corrected chi connectivity index (χ4v) is 2.60. The monoisotopic (exact) mass is 255 g/mol. The van der Waals surface area contributed by atoms with E-state index >= 15 is 0 Å². The van der Waals surface area contributed by atoms with E-state index in [1.54, 1.807) is 0 Å². The third-order valence-electron chi connectivity index (χ3n) is 3.51. The van der Waals surface area contributed by atoms with E-state index in [2.05, 4.69) is 45.4 Å². The first-order valence-corrected chi connectivity index (χ1v) is 6.53. The molecule has 3 N–H and O–H groups in total. The van der Waals surface area contributed by atoms with Crippen LogP contribution in [0.1, 0.15) is 35.6 Å². The molecule has 0 unspecified atom stereocenters. The van der Waals surface area contributed by atoms with Gasteiger partial charge in [0, 0.05) is 0 Å². The van der Waals surface area contributed by atoms with Crippen molar-refractivity contribution >= 4 is 11.9 Å². The number of nitrogen functional groups attached to an aromatic ring is 1. The van der Waals surface area contributed by atoms with E-state index in [1.165, 1.54) is 29.4 Å². The van der Waals surface area contributed by atoms with Gasteiger partial charge in [-0.1, -0.05) is 23.8 Å². The largest absolute Gasteiger partial charge is 0.368 e. The molecule has 0 spiro atoms. The second-order valence-electron chi connectivity index (χ2n) is 4.96. The lowest BCUT2D eigenvalue weighted by Crippen LogP contribution is -2.19. The summed E-state index contributed by atoms with van der Waals surface area (Å²) in [5.41, 5.74) is 9.63. The molecule has 1 aliphatic carbocycles. The summed E-state index contributed by atoms with van der Waals surface area (Å²) in [4.78, 5) is 12.0. The molecular formula is C14H17N5. The van der Waals surface area contributed by atoms with Crippen molar-refractivity contribution in [2.24, 2.45) is 0 Å². The van der Waals surface area contributed by atoms with Crippen molar-refractivity contribution < 1.29 is 0 Å². The van der Waals surface area contributed by atoms with Crippen LogP contribution in [-0.2, 0) is 6.42 Å². The normalized spacial score (nSPS) is 17.8. The SMILES string of the molecule is Cc1ccc2c(c1)[C@H](Nc1ncnc(N)n1)CCC2. The number of fused-ring (bicyclic) bond motifs is 1. The number of rotatable bonds is 2. The Bertz CT molecular complexity index is 596. The molecule has 0 saturated carbocycles. The van der Waals surface area contributed by atoms with Gasteiger partial charge in [0.2, 0.25) is 11.9 Å². The van der Waals surface area contributed by atoms with Crippen LogP contribution in [0.3, 0.4) is 0 Å². The van der Waals surface area contributed by atoms with E-state index in [-0.39, 0.29) is 12.0 Å². The lowest BCUT2D eigenvalue weighted by Gasteiger charge is -2.26. The average Bonchev–Trinajstić information content (AvgIpc) is 2.39. The molecule has 1 heterocycles. The number of hydrogen-bond acceptors (Lipinski definition) is 5. The first-order chi connectivity index (χ1) is 9.22. The molecule has 0 radical (unpaired) electrons. The summed E-state index contributed by atoms with van der Waals surface area (Å²) in [6.07, 6.45) is 4.84. The Labute approximate surface area is 112 Å². The summed E-state index contributed by atoms with van der Waals surface area (Å²) in [7, 11) is 0. The molecule has 0 aliphatic heterocycles. The van der Waals surface area contributed by atoms with Gasteiger partial charge in [-0.05, 0) is 37.3 Å². The van der Waals surface area contributed by atoms with Crippen LogP contribution in [-0.4, -0.2) is 15.0 Å². The highest BCUT2D eigenvalue weighted by atomic mass is 15.2. The number of anilines is 2. The smallest absolute Gasteiger partial charge is 0.227 e. The second-order valence-corrected chi connectivity index (χ2v) is 4.96. The van der Waals surface area contributed by atoms with Gasteiger partial charge < -0.3 is 11.1 Å². The minimum absolute atomic E-state index is 0.248. The summed E-state index contributed by atoms with van der Waals surface area (Å²) in [5, 5.41) is 3.36. The molecule has 3 rings (SSSR count). The Morgan fingerprint density at radius 2 is 2.21 bits per heavy atom. The molecule has 0 amide bonds. The van der Waals surface area contributed by atoms with Crippen molar-refractivity contribution in [2.75, 3.05) is 11.1 Å². The maximum Gasteiger partial charge on any atom is 0.227 e. The molecule has 19 heavy (non-hydrogen) atoms. The summed E-state index contributed by atoms with van der Waals surface area (Å²) in [5.74, 6) is 0.796. The minimum atomic E-state index is 0.248. The first-order valence-electron chi connectivity index (χ1n) is 6.53. The Morgan fingerprint density at radius 1 is 1.32 bits per heavy atom. The molecule has 1 aliphatic rings. The fourth-order valence-electron chi connectivity index (χ4n) is 2.60. The van der Waals surface area contributed by atoms with Crippen molar-refractivity contribution in [1.82, 2.24) is 15.0 Å². The highest BCUT2D eigenvalue weighted by molar-refractivity contribution is 5.41. The maximum atomic E-state index is 5.58. The topological polar surface area (TPSA) is 76.7 Å². The van der Waals surface area contributed by atoms with E-state index < -0.39 is 0 Å². The van der Waals surface area contributed by atoms with Gasteiger partial charge in [-0.25, -0.2) is 9.97 Å². The van der Waals surface area contributed by atoms with Crippen molar-refractivity contribution in [2.45, 2.75) is 32.2 Å². The number of benzene rings is 1. The maximum absolute atomic E-state index is 5.58. The van der Waals surface area contributed by atoms with Gasteiger partial charge in [0.05, 0.1) is 6.04 Å². The molecular weight excluding hydrogens is 238 g/mol. The Hall–Kier alpha value is -2.17. The fraction of sp³-hybridized carbons (Fsp3) is 0.357. The van der Waals surface area contributed by atoms with Crippen LogP contribution in [0, 0.1) is 6.92 Å². The van der Waals surface area contributed by atoms with Crippen LogP contribution >= 0.6 is 0 Å². The summed E-state index contributed by atoms with van der Waals surface area (Å²) < 4.78 is 0. The lowest BCUT2D eigenvalue weighted by atomic mass is 9.87. The first kappa shape index (κ1) is 11.9. The molecule has 98 valence electrons. The van der Waals surface area contributed by atoms with Crippen LogP contribution in [0.5, 0.6) is 0 Å². The molecule has 0 saturated heterocycles. The zero-order valence-electron chi connectivity index (χ0n) is 10.9. The number of nitrogens with one attached hydrogen (secondary N) is 1. The third-order valence-corrected chi connectivity index (χ3v) is 3.51. The summed E-state index contributed by atoms with van der Waals surface area (Å²) in [6, 6.07) is 6.89. The number of nitrogens with two attached hydrogens (primary N) is 1. The predicted molar refractivity (Wildman–Crippen MR) is 74.7 cm³/mol. The Kier molecular flexibility index (Phi) is 3.03. The molecule has 1 aromatic heterocycles. The van der Waals surface area contributed by atoms with Crippen molar-refractivity contribution in [3.05, 3.63) is 41.2 Å². The van der Waals surface area contributed by atoms with E-state index in [0.29, 0.717) is 5.95 Å². The summed E-state index contributed by atoms with van der Waals surface area (Å²) in [6.45, 7) is 2.12. The molecule has 5 nitrogen and oxygen atoms in total. The number of nitrogens with zero attached hydrogens (tertiary/aromatic N) is 3. The number of aromatic nitrogens is 3. The van der Waals surface area contributed by atoms with Crippen LogP contribution in [0.2, 0.25) is 0 Å². The van der Waals surface area contributed by atoms with Gasteiger partial charge in [0.1, 0.15) is 6.33 Å². The number of aryl methyl sites for hydroxylation is 2. The molecule has 0 bridgehead atoms. The Balaban J connectivity index is 1.89. The van der Waals surface area contributed by atoms with Gasteiger partial charge in [0.25, 0.3) is 0 Å². The molecule has 1 atom stereocenters. The lowest BCUT2D eigenvalue weighted by molar-refractivity contribution is 0.595. The quantitative estimate of drug-likeness (QED) is 0.860. The standard InChI is InChI=1S/C14H17N5/c1-9-5-6-10-3-2-4-12(11(10)7-9)18-14-17-8-16-13(15)19-14/h5-8,12H,2-4H2,1H3,(H3,15,16,17,18,19)/t12-/m1/s1. The predicted octanol–water partition coefficient (Wildman–Crippen LogP) is 2.25. The van der Waals surface area contributed by atoms with Gasteiger partial charge in [0.15, 0.2) is 0 Å². The van der Waals surface area contributed by atoms with Crippen LogP contribution in [0.4, 0.5) is 11.9 Å². The van der Waals surface area contributed by atoms with Gasteiger partial charge in [-0.15, -0.1) is 0 Å². The van der Waals surface area contributed by atoms with Crippen molar-refractivity contribution in [3.8, 4) is 0 Å². The summed E-state index contributed by atoms with van der Waals surface area (Å²) >= 11 is 0. The van der Waals surface area contributed by atoms with Gasteiger partial charge in [-0.3, -0.25) is 0 Å². The average molecular weight is 255 g/mol. The van der Waals surface area contributed by atoms with Gasteiger partial charge in [-0.2, -0.15) is 4.98 Å². The van der Waals surface area contributed by atoms with Gasteiger partial charge >= 0.3 is 0 Å². The van der Waals surface area contributed by atoms with Crippen LogP contribution in [0.15, 0.2) is 24.5 Å². The second kappa shape index (κ2) is 4.84. The highest BCUT2D eigenvalue weighted by Gasteiger charge is 2.20. The van der Waals surface area contributed by atoms with Crippen molar-refractivity contribution in [3.63, 3.8) is 0 Å². The zero-order valence-corrected chi connectivity index (χ0v) is 10.9. The van der Waals surface area contributed by atoms with E-state index in [4.69, 9.17) is 5.73 Å². The van der Waals surface area contributed by atoms with E-state index in [1.807, 2.05) is 0 Å². The molecule has 0 fully saturated rings.